The molecular formula is C83H149NO18. The van der Waals surface area contributed by atoms with Crippen molar-refractivity contribution in [3.63, 3.8) is 0 Å². The largest absolute Gasteiger partial charge is 0.394 e. The van der Waals surface area contributed by atoms with Crippen molar-refractivity contribution < 1.29 is 89.4 Å². The molecule has 0 bridgehead atoms. The van der Waals surface area contributed by atoms with E-state index in [1.165, 1.54) is 225 Å². The first-order valence-electron chi connectivity index (χ1n) is 41.2. The maximum absolute atomic E-state index is 13.5. The number of ether oxygens (including phenoxy) is 6. The van der Waals surface area contributed by atoms with Crippen LogP contribution in [-0.2, 0) is 33.2 Å². The van der Waals surface area contributed by atoms with Gasteiger partial charge >= 0.3 is 0 Å². The number of allylic oxidation sites excluding steroid dienone is 11. The Bertz CT molecular complexity index is 2120. The van der Waals surface area contributed by atoms with Crippen LogP contribution in [0, 0.1) is 0 Å². The highest BCUT2D eigenvalue weighted by molar-refractivity contribution is 5.76. The molecule has 3 heterocycles. The summed E-state index contributed by atoms with van der Waals surface area (Å²) in [5.41, 5.74) is 0. The van der Waals surface area contributed by atoms with Crippen LogP contribution in [0.4, 0.5) is 0 Å². The molecule has 0 aromatic rings. The maximum atomic E-state index is 13.5. The minimum atomic E-state index is -1.99. The number of aliphatic hydroxyl groups is 11. The van der Waals surface area contributed by atoms with Gasteiger partial charge in [-0.3, -0.25) is 4.79 Å². The van der Waals surface area contributed by atoms with Gasteiger partial charge in [-0.15, -0.1) is 0 Å². The second kappa shape index (κ2) is 63.2. The van der Waals surface area contributed by atoms with E-state index in [2.05, 4.69) is 79.9 Å². The van der Waals surface area contributed by atoms with Crippen LogP contribution in [0.1, 0.15) is 316 Å². The Morgan fingerprint density at radius 1 is 0.353 bits per heavy atom. The minimum Gasteiger partial charge on any atom is -0.394 e. The standard InChI is InChI=1S/C83H149NO18/c1-3-5-7-9-11-13-15-17-19-21-23-25-27-29-31-33-35-37-39-41-43-45-47-49-51-53-55-57-59-61-71(89)84-66(67(88)60-58-56-54-52-50-48-46-44-42-40-38-36-34-32-30-28-26-24-22-20-18-16-14-12-10-8-6-4-2)65-97-81-77(95)74(92)79(69(63-86)99-81)102-83-78(96)75(93)80(70(64-87)100-83)101-82-76(94)73(91)72(90)68(62-85)98-82/h15,17,21,23,27,29,42,44,50,52,58,60,66-70,72-83,85-88,90-96H,3-14,16,18-20,22,24-26,28,30-41,43,45-49,51,53-57,59,61-65H2,1-2H3,(H,84,89)/b17-15-,23-21-,29-27-,44-42+,52-50+,60-58+. The van der Waals surface area contributed by atoms with Crippen molar-refractivity contribution in [2.45, 2.75) is 420 Å². The smallest absolute Gasteiger partial charge is 0.220 e. The highest BCUT2D eigenvalue weighted by atomic mass is 16.8. The summed E-state index contributed by atoms with van der Waals surface area (Å²) in [6.07, 6.45) is 56.1. The molecular weight excluding hydrogens is 1300 g/mol. The fourth-order valence-electron chi connectivity index (χ4n) is 13.6. The molecule has 19 nitrogen and oxygen atoms in total. The Morgan fingerprint density at radius 2 is 0.657 bits per heavy atom. The third kappa shape index (κ3) is 42.7. The van der Waals surface area contributed by atoms with Crippen LogP contribution in [0.25, 0.3) is 0 Å². The van der Waals surface area contributed by atoms with E-state index in [0.29, 0.717) is 12.8 Å². The third-order valence-electron chi connectivity index (χ3n) is 20.2. The summed E-state index contributed by atoms with van der Waals surface area (Å²) in [6.45, 7) is 1.73. The quantitative estimate of drug-likeness (QED) is 0.0199. The lowest BCUT2D eigenvalue weighted by atomic mass is 9.96. The first kappa shape index (κ1) is 93.4. The molecule has 0 aromatic carbocycles. The summed E-state index contributed by atoms with van der Waals surface area (Å²) < 4.78 is 34.4. The number of hydrogen-bond acceptors (Lipinski definition) is 18. The fraction of sp³-hybridized carbons (Fsp3) is 0.843. The van der Waals surface area contributed by atoms with Gasteiger partial charge in [0.05, 0.1) is 38.6 Å². The average molecular weight is 1450 g/mol. The van der Waals surface area contributed by atoms with Crippen LogP contribution in [0.15, 0.2) is 72.9 Å². The molecule has 17 atom stereocenters. The zero-order valence-electron chi connectivity index (χ0n) is 63.6. The molecule has 3 rings (SSSR count). The fourth-order valence-corrected chi connectivity index (χ4v) is 13.6. The lowest BCUT2D eigenvalue weighted by Crippen LogP contribution is -2.66. The molecule has 594 valence electrons. The van der Waals surface area contributed by atoms with E-state index in [9.17, 15) is 61.0 Å². The van der Waals surface area contributed by atoms with Gasteiger partial charge in [-0.05, 0) is 83.5 Å². The van der Waals surface area contributed by atoms with Gasteiger partial charge in [0.1, 0.15) is 73.2 Å². The molecule has 1 amide bonds. The molecule has 19 heteroatoms. The predicted octanol–water partition coefficient (Wildman–Crippen LogP) is 14.0. The number of carbonyl (C=O) groups is 1. The van der Waals surface area contributed by atoms with Gasteiger partial charge in [-0.1, -0.05) is 299 Å². The Hall–Kier alpha value is -2.77. The van der Waals surface area contributed by atoms with Crippen LogP contribution in [0.3, 0.4) is 0 Å². The Labute approximate surface area is 617 Å². The first-order valence-corrected chi connectivity index (χ1v) is 41.2. The molecule has 0 saturated carbocycles. The monoisotopic (exact) mass is 1450 g/mol. The van der Waals surface area contributed by atoms with Crippen molar-refractivity contribution in [3.8, 4) is 0 Å². The number of rotatable bonds is 65. The van der Waals surface area contributed by atoms with E-state index in [-0.39, 0.29) is 18.9 Å². The Balaban J connectivity index is 1.39. The molecule has 12 N–H and O–H groups in total. The van der Waals surface area contributed by atoms with Gasteiger partial charge in [0.15, 0.2) is 18.9 Å². The number of nitrogens with one attached hydrogen (secondary N) is 1. The SMILES string of the molecule is CCCCCCC/C=C\C/C=C\C/C=C\CCCCCCCCCCCCCCCCC(=O)NC(COC1OC(CO)C(OC2OC(CO)C(OC3OC(CO)C(O)C(O)C3O)C(O)C2O)C(O)C1O)C(O)/C=C/CC/C=C/CC/C=C/CCCCCCCCCCCCCCCCCCCC. The lowest BCUT2D eigenvalue weighted by Gasteiger charge is -2.48. The van der Waals surface area contributed by atoms with Crippen molar-refractivity contribution in [1.82, 2.24) is 5.32 Å². The summed E-state index contributed by atoms with van der Waals surface area (Å²) >= 11 is 0. The zero-order chi connectivity index (χ0) is 73.9. The number of aliphatic hydroxyl groups excluding tert-OH is 11. The molecule has 0 radical (unpaired) electrons. The summed E-state index contributed by atoms with van der Waals surface area (Å²) in [6, 6.07) is -1.00. The van der Waals surface area contributed by atoms with E-state index < -0.39 is 124 Å². The van der Waals surface area contributed by atoms with E-state index in [0.717, 1.165) is 57.8 Å². The van der Waals surface area contributed by atoms with Gasteiger partial charge in [-0.25, -0.2) is 0 Å². The topological polar surface area (TPSA) is 307 Å². The van der Waals surface area contributed by atoms with Crippen molar-refractivity contribution in [2.24, 2.45) is 0 Å². The molecule has 3 fully saturated rings. The Morgan fingerprint density at radius 3 is 1.05 bits per heavy atom. The van der Waals surface area contributed by atoms with Gasteiger partial charge < -0.3 is 89.9 Å². The molecule has 3 saturated heterocycles. The van der Waals surface area contributed by atoms with E-state index in [1.807, 2.05) is 6.08 Å². The van der Waals surface area contributed by atoms with Crippen LogP contribution in [-0.4, -0.2) is 193 Å². The summed E-state index contributed by atoms with van der Waals surface area (Å²) in [5, 5.41) is 121. The predicted molar refractivity (Wildman–Crippen MR) is 406 cm³/mol. The highest BCUT2D eigenvalue weighted by Gasteiger charge is 2.54. The van der Waals surface area contributed by atoms with Gasteiger partial charge in [-0.2, -0.15) is 0 Å². The van der Waals surface area contributed by atoms with E-state index >= 15 is 0 Å². The van der Waals surface area contributed by atoms with Crippen molar-refractivity contribution in [3.05, 3.63) is 72.9 Å². The molecule has 0 aliphatic carbocycles. The number of unbranched alkanes of at least 4 members (excludes halogenated alkanes) is 39. The third-order valence-corrected chi connectivity index (χ3v) is 20.2. The van der Waals surface area contributed by atoms with Gasteiger partial charge in [0.25, 0.3) is 0 Å². The van der Waals surface area contributed by atoms with Crippen molar-refractivity contribution >= 4 is 5.91 Å². The second-order valence-corrected chi connectivity index (χ2v) is 29.2. The van der Waals surface area contributed by atoms with Gasteiger partial charge in [0.2, 0.25) is 5.91 Å². The van der Waals surface area contributed by atoms with E-state index in [4.69, 9.17) is 28.4 Å². The zero-order valence-corrected chi connectivity index (χ0v) is 63.6. The summed E-state index contributed by atoms with van der Waals surface area (Å²) in [4.78, 5) is 13.5. The number of hydrogen-bond donors (Lipinski definition) is 12. The summed E-state index contributed by atoms with van der Waals surface area (Å²) in [7, 11) is 0. The minimum absolute atomic E-state index is 0.229. The Kier molecular flexibility index (Phi) is 57.9. The number of amides is 1. The average Bonchev–Trinajstić information content (AvgIpc) is 0.766. The first-order chi connectivity index (χ1) is 49.8. The number of carbonyl (C=O) groups excluding carboxylic acids is 1. The van der Waals surface area contributed by atoms with Crippen molar-refractivity contribution in [2.75, 3.05) is 26.4 Å². The molecule has 3 aliphatic heterocycles. The summed E-state index contributed by atoms with van der Waals surface area (Å²) in [5.74, 6) is -0.289. The van der Waals surface area contributed by atoms with Crippen LogP contribution in [0.2, 0.25) is 0 Å². The van der Waals surface area contributed by atoms with Crippen molar-refractivity contribution in [1.29, 1.82) is 0 Å². The highest BCUT2D eigenvalue weighted by Crippen LogP contribution is 2.33. The van der Waals surface area contributed by atoms with Gasteiger partial charge in [0, 0.05) is 6.42 Å². The second-order valence-electron chi connectivity index (χ2n) is 29.2. The molecule has 17 unspecified atom stereocenters. The van der Waals surface area contributed by atoms with Crippen LogP contribution < -0.4 is 5.32 Å². The normalized spacial score (nSPS) is 26.5. The molecule has 0 aromatic heterocycles. The molecule has 3 aliphatic rings. The van der Waals surface area contributed by atoms with Crippen LogP contribution >= 0.6 is 0 Å². The molecule has 102 heavy (non-hydrogen) atoms. The maximum Gasteiger partial charge on any atom is 0.220 e. The van der Waals surface area contributed by atoms with E-state index in [1.54, 1.807) is 6.08 Å². The van der Waals surface area contributed by atoms with Crippen LogP contribution in [0.5, 0.6) is 0 Å². The molecule has 0 spiro atoms. The lowest BCUT2D eigenvalue weighted by molar-refractivity contribution is -0.379.